The van der Waals surface area contributed by atoms with Crippen LogP contribution in [-0.4, -0.2) is 45.0 Å². The van der Waals surface area contributed by atoms with Crippen molar-refractivity contribution >= 4 is 23.0 Å². The minimum absolute atomic E-state index is 0.0559. The molecule has 0 atom stereocenters. The van der Waals surface area contributed by atoms with E-state index in [4.69, 9.17) is 0 Å². The van der Waals surface area contributed by atoms with E-state index in [0.29, 0.717) is 19.0 Å². The number of amides is 1. The van der Waals surface area contributed by atoms with Crippen molar-refractivity contribution in [1.82, 2.24) is 19.4 Å². The highest BCUT2D eigenvalue weighted by Gasteiger charge is 2.27. The largest absolute Gasteiger partial charge is 0.335 e. The summed E-state index contributed by atoms with van der Waals surface area (Å²) < 4.78 is 29.0. The second-order valence-electron chi connectivity index (χ2n) is 6.29. The van der Waals surface area contributed by atoms with Crippen molar-refractivity contribution in [2.24, 2.45) is 7.05 Å². The van der Waals surface area contributed by atoms with Crippen molar-refractivity contribution in [3.63, 3.8) is 0 Å². The molecule has 1 saturated heterocycles. The predicted octanol–water partition coefficient (Wildman–Crippen LogP) is 2.10. The first-order valence-corrected chi connectivity index (χ1v) is 8.27. The third kappa shape index (κ3) is 2.87. The maximum atomic E-state index is 13.8. The van der Waals surface area contributed by atoms with Crippen LogP contribution in [0, 0.1) is 11.6 Å². The van der Waals surface area contributed by atoms with Gasteiger partial charge in [0.25, 0.3) is 0 Å². The molecule has 8 heteroatoms. The number of aryl methyl sites for hydroxylation is 1. The normalized spacial score (nSPS) is 15.1. The molecule has 0 N–H and O–H groups in total. The van der Waals surface area contributed by atoms with Crippen molar-refractivity contribution in [3.05, 3.63) is 53.7 Å². The van der Waals surface area contributed by atoms with Crippen LogP contribution in [-0.2, 0) is 18.4 Å². The Morgan fingerprint density at radius 1 is 1.19 bits per heavy atom. The molecule has 0 radical (unpaired) electrons. The maximum Gasteiger partial charge on any atom is 0.242 e. The van der Waals surface area contributed by atoms with Gasteiger partial charge in [-0.3, -0.25) is 9.36 Å². The number of pyridine rings is 1. The number of imidazole rings is 1. The molecule has 0 spiro atoms. The van der Waals surface area contributed by atoms with Crippen LogP contribution in [0.3, 0.4) is 0 Å². The van der Waals surface area contributed by atoms with Crippen molar-refractivity contribution < 1.29 is 13.6 Å². The first-order valence-electron chi connectivity index (χ1n) is 8.27. The number of hydrogen-bond donors (Lipinski definition) is 0. The number of nitrogens with zero attached hydrogens (tertiary/aromatic N) is 5. The Bertz CT molecular complexity index is 987. The first-order chi connectivity index (χ1) is 12.5. The molecule has 1 aromatic carbocycles. The van der Waals surface area contributed by atoms with E-state index in [0.717, 1.165) is 29.4 Å². The minimum atomic E-state index is -0.514. The lowest BCUT2D eigenvalue weighted by molar-refractivity contribution is -0.131. The molecule has 6 nitrogen and oxygen atoms in total. The van der Waals surface area contributed by atoms with Gasteiger partial charge in [0, 0.05) is 38.4 Å². The van der Waals surface area contributed by atoms with Crippen molar-refractivity contribution in [3.8, 4) is 0 Å². The van der Waals surface area contributed by atoms with Gasteiger partial charge in [-0.15, -0.1) is 0 Å². The number of carbonyl (C=O) groups is 1. The second kappa shape index (κ2) is 6.36. The fraction of sp³-hybridized carbons (Fsp3) is 0.278. The van der Waals surface area contributed by atoms with Gasteiger partial charge in [-0.25, -0.2) is 18.7 Å². The molecule has 4 rings (SSSR count). The van der Waals surface area contributed by atoms with Crippen molar-refractivity contribution in [2.75, 3.05) is 24.5 Å². The van der Waals surface area contributed by atoms with Crippen LogP contribution in [0.1, 0.15) is 5.56 Å². The fourth-order valence-corrected chi connectivity index (χ4v) is 3.21. The Morgan fingerprint density at radius 3 is 2.81 bits per heavy atom. The van der Waals surface area contributed by atoms with E-state index >= 15 is 0 Å². The second-order valence-corrected chi connectivity index (χ2v) is 6.29. The average molecular weight is 357 g/mol. The van der Waals surface area contributed by atoms with E-state index in [1.165, 1.54) is 4.90 Å². The Hall–Kier alpha value is -3.03. The Labute approximate surface area is 148 Å². The number of aromatic nitrogens is 3. The maximum absolute atomic E-state index is 13.8. The number of piperazine rings is 1. The molecular formula is C18H17F2N5O. The van der Waals surface area contributed by atoms with Crippen LogP contribution < -0.4 is 4.90 Å². The van der Waals surface area contributed by atoms with E-state index in [2.05, 4.69) is 9.97 Å². The number of anilines is 1. The summed E-state index contributed by atoms with van der Waals surface area (Å²) in [6.07, 6.45) is 1.70. The average Bonchev–Trinajstić information content (AvgIpc) is 2.97. The van der Waals surface area contributed by atoms with E-state index in [-0.39, 0.29) is 24.6 Å². The SMILES string of the molecule is Cn1c(N2CCN(Cc3cc(F)ccc3F)C(=O)C2)nc2cccnc21. The van der Waals surface area contributed by atoms with Gasteiger partial charge in [-0.05, 0) is 30.3 Å². The van der Waals surface area contributed by atoms with E-state index in [1.807, 2.05) is 28.6 Å². The zero-order valence-corrected chi connectivity index (χ0v) is 14.2. The Balaban J connectivity index is 1.52. The summed E-state index contributed by atoms with van der Waals surface area (Å²) in [4.78, 5) is 24.8. The van der Waals surface area contributed by atoms with Crippen LogP contribution >= 0.6 is 0 Å². The van der Waals surface area contributed by atoms with E-state index in [1.54, 1.807) is 6.20 Å². The third-order valence-corrected chi connectivity index (χ3v) is 4.57. The zero-order valence-electron chi connectivity index (χ0n) is 14.2. The summed E-state index contributed by atoms with van der Waals surface area (Å²) in [5.74, 6) is -0.508. The topological polar surface area (TPSA) is 54.3 Å². The monoisotopic (exact) mass is 357 g/mol. The van der Waals surface area contributed by atoms with Gasteiger partial charge in [0.15, 0.2) is 5.65 Å². The molecule has 2 aromatic heterocycles. The lowest BCUT2D eigenvalue weighted by Crippen LogP contribution is -2.50. The van der Waals surface area contributed by atoms with Gasteiger partial charge in [-0.2, -0.15) is 0 Å². The highest BCUT2D eigenvalue weighted by Crippen LogP contribution is 2.22. The molecule has 0 saturated carbocycles. The van der Waals surface area contributed by atoms with Gasteiger partial charge in [-0.1, -0.05) is 0 Å². The molecule has 3 aromatic rings. The number of benzene rings is 1. The first kappa shape index (κ1) is 16.4. The number of hydrogen-bond acceptors (Lipinski definition) is 4. The van der Waals surface area contributed by atoms with Gasteiger partial charge in [0.2, 0.25) is 11.9 Å². The summed E-state index contributed by atoms with van der Waals surface area (Å²) in [6.45, 7) is 1.15. The van der Waals surface area contributed by atoms with Gasteiger partial charge in [0.05, 0.1) is 6.54 Å². The molecule has 1 fully saturated rings. The third-order valence-electron chi connectivity index (χ3n) is 4.57. The smallest absolute Gasteiger partial charge is 0.242 e. The molecule has 0 bridgehead atoms. The van der Waals surface area contributed by atoms with Crippen LogP contribution in [0.15, 0.2) is 36.5 Å². The molecule has 0 aliphatic carbocycles. The highest BCUT2D eigenvalue weighted by molar-refractivity contribution is 5.83. The standard InChI is InChI=1S/C18H17F2N5O/c1-23-17-15(3-2-6-21-17)22-18(23)25-8-7-24(16(26)11-25)10-12-9-13(19)4-5-14(12)20/h2-6,9H,7-8,10-11H2,1H3. The molecule has 26 heavy (non-hydrogen) atoms. The van der Waals surface area contributed by atoms with Crippen LogP contribution in [0.4, 0.5) is 14.7 Å². The Kier molecular flexibility index (Phi) is 4.02. The van der Waals surface area contributed by atoms with Gasteiger partial charge >= 0.3 is 0 Å². The molecule has 1 aliphatic heterocycles. The molecule has 0 unspecified atom stereocenters. The molecular weight excluding hydrogens is 340 g/mol. The van der Waals surface area contributed by atoms with E-state index < -0.39 is 11.6 Å². The van der Waals surface area contributed by atoms with Crippen LogP contribution in [0.25, 0.3) is 11.2 Å². The van der Waals surface area contributed by atoms with E-state index in [9.17, 15) is 13.6 Å². The fourth-order valence-electron chi connectivity index (χ4n) is 3.21. The van der Waals surface area contributed by atoms with Gasteiger partial charge < -0.3 is 9.80 Å². The van der Waals surface area contributed by atoms with Crippen LogP contribution in [0.5, 0.6) is 0 Å². The number of halogens is 2. The van der Waals surface area contributed by atoms with Gasteiger partial charge in [0.1, 0.15) is 17.2 Å². The lowest BCUT2D eigenvalue weighted by Gasteiger charge is -2.34. The molecule has 1 aliphatic rings. The predicted molar refractivity (Wildman–Crippen MR) is 92.5 cm³/mol. The lowest BCUT2D eigenvalue weighted by atomic mass is 10.1. The minimum Gasteiger partial charge on any atom is -0.335 e. The number of carbonyl (C=O) groups excluding carboxylic acids is 1. The Morgan fingerprint density at radius 2 is 2.04 bits per heavy atom. The highest BCUT2D eigenvalue weighted by atomic mass is 19.1. The molecule has 1 amide bonds. The summed E-state index contributed by atoms with van der Waals surface area (Å²) >= 11 is 0. The molecule has 134 valence electrons. The van der Waals surface area contributed by atoms with Crippen molar-refractivity contribution in [1.29, 1.82) is 0 Å². The summed E-state index contributed by atoms with van der Waals surface area (Å²) in [5, 5.41) is 0. The summed E-state index contributed by atoms with van der Waals surface area (Å²) in [7, 11) is 1.86. The number of rotatable bonds is 3. The summed E-state index contributed by atoms with van der Waals surface area (Å²) in [6, 6.07) is 6.97. The molecule has 3 heterocycles. The number of fused-ring (bicyclic) bond motifs is 1. The quantitative estimate of drug-likeness (QED) is 0.720. The van der Waals surface area contributed by atoms with Crippen LogP contribution in [0.2, 0.25) is 0 Å². The zero-order chi connectivity index (χ0) is 18.3. The summed E-state index contributed by atoms with van der Waals surface area (Å²) in [5.41, 5.74) is 1.69. The van der Waals surface area contributed by atoms with Crippen molar-refractivity contribution in [2.45, 2.75) is 6.54 Å².